The van der Waals surface area contributed by atoms with Gasteiger partial charge in [0.2, 0.25) is 0 Å². The Morgan fingerprint density at radius 1 is 1.05 bits per heavy atom. The molecule has 3 aromatic rings. The number of thiophene rings is 1. The van der Waals surface area contributed by atoms with Gasteiger partial charge in [-0.2, -0.15) is 0 Å². The SMILES string of the molecule is O=C(Cc1csc2ccccc12)c1c(F)cc(F)cc1F. The van der Waals surface area contributed by atoms with Gasteiger partial charge in [-0.15, -0.1) is 11.3 Å². The first kappa shape index (κ1) is 13.8. The lowest BCUT2D eigenvalue weighted by molar-refractivity contribution is 0.0985. The molecule has 1 aromatic heterocycles. The van der Waals surface area contributed by atoms with Gasteiger partial charge in [0.1, 0.15) is 17.5 Å². The van der Waals surface area contributed by atoms with Crippen molar-refractivity contribution in [3.63, 3.8) is 0 Å². The van der Waals surface area contributed by atoms with E-state index in [1.807, 2.05) is 24.3 Å². The highest BCUT2D eigenvalue weighted by Gasteiger charge is 2.20. The van der Waals surface area contributed by atoms with Gasteiger partial charge in [0.25, 0.3) is 0 Å². The van der Waals surface area contributed by atoms with Crippen molar-refractivity contribution >= 4 is 27.2 Å². The number of hydrogen-bond acceptors (Lipinski definition) is 2. The van der Waals surface area contributed by atoms with Crippen LogP contribution in [0.4, 0.5) is 13.2 Å². The summed E-state index contributed by atoms with van der Waals surface area (Å²) in [5.41, 5.74) is 0.0235. The van der Waals surface area contributed by atoms with Gasteiger partial charge in [-0.1, -0.05) is 18.2 Å². The second-order valence-corrected chi connectivity index (χ2v) is 5.51. The van der Waals surface area contributed by atoms with Gasteiger partial charge in [0.15, 0.2) is 5.78 Å². The standard InChI is InChI=1S/C16H9F3OS/c17-10-6-12(18)16(13(19)7-10)14(20)5-9-8-21-15-4-2-1-3-11(9)15/h1-4,6-8H,5H2. The molecule has 0 fully saturated rings. The Balaban J connectivity index is 1.97. The number of hydrogen-bond donors (Lipinski definition) is 0. The number of benzene rings is 2. The summed E-state index contributed by atoms with van der Waals surface area (Å²) >= 11 is 1.46. The highest BCUT2D eigenvalue weighted by Crippen LogP contribution is 2.27. The van der Waals surface area contributed by atoms with Gasteiger partial charge in [-0.25, -0.2) is 13.2 Å². The van der Waals surface area contributed by atoms with E-state index in [9.17, 15) is 18.0 Å². The molecule has 0 bridgehead atoms. The lowest BCUT2D eigenvalue weighted by atomic mass is 10.0. The molecule has 1 heterocycles. The van der Waals surface area contributed by atoms with Crippen molar-refractivity contribution in [3.8, 4) is 0 Å². The fourth-order valence-corrected chi connectivity index (χ4v) is 3.20. The Hall–Kier alpha value is -2.14. The van der Waals surface area contributed by atoms with Crippen molar-refractivity contribution in [3.05, 3.63) is 70.4 Å². The molecule has 2 aromatic carbocycles. The maximum atomic E-state index is 13.6. The van der Waals surface area contributed by atoms with Gasteiger partial charge in [-0.05, 0) is 22.4 Å². The summed E-state index contributed by atoms with van der Waals surface area (Å²) < 4.78 is 41.1. The van der Waals surface area contributed by atoms with E-state index < -0.39 is 28.8 Å². The minimum atomic E-state index is -1.17. The summed E-state index contributed by atoms with van der Waals surface area (Å²) in [6.45, 7) is 0. The molecule has 0 spiro atoms. The quantitative estimate of drug-likeness (QED) is 0.639. The molecule has 1 nitrogen and oxygen atoms in total. The maximum Gasteiger partial charge on any atom is 0.173 e. The summed E-state index contributed by atoms with van der Waals surface area (Å²) in [6.07, 6.45) is -0.122. The summed E-state index contributed by atoms with van der Waals surface area (Å²) in [7, 11) is 0. The molecule has 0 aliphatic rings. The Bertz CT molecular complexity index is 815. The fraction of sp³-hybridized carbons (Fsp3) is 0.0625. The molecule has 5 heteroatoms. The molecule has 21 heavy (non-hydrogen) atoms. The Kier molecular flexibility index (Phi) is 3.51. The van der Waals surface area contributed by atoms with Crippen LogP contribution in [0.2, 0.25) is 0 Å². The van der Waals surface area contributed by atoms with Crippen molar-refractivity contribution < 1.29 is 18.0 Å². The molecule has 0 aliphatic heterocycles. The zero-order chi connectivity index (χ0) is 15.0. The number of carbonyl (C=O) groups excluding carboxylic acids is 1. The molecular formula is C16H9F3OS. The first-order valence-electron chi connectivity index (χ1n) is 6.19. The van der Waals surface area contributed by atoms with Gasteiger partial charge in [0, 0.05) is 23.3 Å². The van der Waals surface area contributed by atoms with E-state index in [-0.39, 0.29) is 6.42 Å². The lowest BCUT2D eigenvalue weighted by Crippen LogP contribution is -2.09. The minimum Gasteiger partial charge on any atom is -0.294 e. The van der Waals surface area contributed by atoms with Crippen molar-refractivity contribution in [1.29, 1.82) is 0 Å². The molecule has 0 amide bonds. The highest BCUT2D eigenvalue weighted by atomic mass is 32.1. The molecule has 0 N–H and O–H groups in total. The lowest BCUT2D eigenvalue weighted by Gasteiger charge is -2.04. The molecule has 0 unspecified atom stereocenters. The normalized spacial score (nSPS) is 11.0. The predicted molar refractivity (Wildman–Crippen MR) is 76.2 cm³/mol. The third-order valence-corrected chi connectivity index (χ3v) is 4.21. The second-order valence-electron chi connectivity index (χ2n) is 4.60. The van der Waals surface area contributed by atoms with Crippen LogP contribution in [-0.2, 0) is 6.42 Å². The minimum absolute atomic E-state index is 0.122. The van der Waals surface area contributed by atoms with Crippen molar-refractivity contribution in [2.24, 2.45) is 0 Å². The summed E-state index contributed by atoms with van der Waals surface area (Å²) in [4.78, 5) is 12.1. The van der Waals surface area contributed by atoms with Crippen LogP contribution in [0, 0.1) is 17.5 Å². The monoisotopic (exact) mass is 306 g/mol. The Morgan fingerprint density at radius 2 is 1.71 bits per heavy atom. The molecule has 0 saturated heterocycles. The molecule has 0 saturated carbocycles. The van der Waals surface area contributed by atoms with Gasteiger partial charge >= 0.3 is 0 Å². The average molecular weight is 306 g/mol. The van der Waals surface area contributed by atoms with E-state index in [4.69, 9.17) is 0 Å². The highest BCUT2D eigenvalue weighted by molar-refractivity contribution is 7.17. The number of halogens is 3. The van der Waals surface area contributed by atoms with Crippen molar-refractivity contribution in [2.75, 3.05) is 0 Å². The summed E-state index contributed by atoms with van der Waals surface area (Å²) in [6, 6.07) is 8.51. The number of carbonyl (C=O) groups is 1. The number of rotatable bonds is 3. The van der Waals surface area contributed by atoms with Gasteiger partial charge in [-0.3, -0.25) is 4.79 Å². The number of fused-ring (bicyclic) bond motifs is 1. The van der Waals surface area contributed by atoms with E-state index in [1.165, 1.54) is 11.3 Å². The van der Waals surface area contributed by atoms with Crippen molar-refractivity contribution in [1.82, 2.24) is 0 Å². The second kappa shape index (κ2) is 5.33. The van der Waals surface area contributed by atoms with E-state index in [2.05, 4.69) is 0 Å². The molecular weight excluding hydrogens is 297 g/mol. The van der Waals surface area contributed by atoms with Crippen LogP contribution in [0.1, 0.15) is 15.9 Å². The smallest absolute Gasteiger partial charge is 0.173 e. The molecule has 106 valence electrons. The third-order valence-electron chi connectivity index (χ3n) is 3.20. The van der Waals surface area contributed by atoms with Crippen LogP contribution in [0.3, 0.4) is 0 Å². The Morgan fingerprint density at radius 3 is 2.43 bits per heavy atom. The van der Waals surface area contributed by atoms with Gasteiger partial charge < -0.3 is 0 Å². The van der Waals surface area contributed by atoms with E-state index >= 15 is 0 Å². The first-order chi connectivity index (χ1) is 10.1. The molecule has 0 atom stereocenters. The molecule has 3 rings (SSSR count). The van der Waals surface area contributed by atoms with Crippen molar-refractivity contribution in [2.45, 2.75) is 6.42 Å². The van der Waals surface area contributed by atoms with Crippen LogP contribution >= 0.6 is 11.3 Å². The van der Waals surface area contributed by atoms with Crippen LogP contribution in [-0.4, -0.2) is 5.78 Å². The topological polar surface area (TPSA) is 17.1 Å². The molecule has 0 aliphatic carbocycles. The first-order valence-corrected chi connectivity index (χ1v) is 7.07. The van der Waals surface area contributed by atoms with E-state index in [0.717, 1.165) is 10.1 Å². The summed E-state index contributed by atoms with van der Waals surface area (Å²) in [5.74, 6) is -4.08. The summed E-state index contributed by atoms with van der Waals surface area (Å²) in [5, 5.41) is 2.68. The van der Waals surface area contributed by atoms with Crippen LogP contribution < -0.4 is 0 Å². The van der Waals surface area contributed by atoms with E-state index in [0.29, 0.717) is 17.7 Å². The van der Waals surface area contributed by atoms with E-state index in [1.54, 1.807) is 5.38 Å². The van der Waals surface area contributed by atoms with Gasteiger partial charge in [0.05, 0.1) is 5.56 Å². The molecule has 0 radical (unpaired) electrons. The predicted octanol–water partition coefficient (Wildman–Crippen LogP) is 4.74. The fourth-order valence-electron chi connectivity index (χ4n) is 2.24. The number of Topliss-reactive ketones (excluding diaryl/α,β-unsaturated/α-hetero) is 1. The third kappa shape index (κ3) is 2.56. The maximum absolute atomic E-state index is 13.6. The van der Waals surface area contributed by atoms with Crippen LogP contribution in [0.15, 0.2) is 41.8 Å². The zero-order valence-corrected chi connectivity index (χ0v) is 11.5. The number of ketones is 1. The van der Waals surface area contributed by atoms with Crippen LogP contribution in [0.25, 0.3) is 10.1 Å². The largest absolute Gasteiger partial charge is 0.294 e. The zero-order valence-electron chi connectivity index (χ0n) is 10.7. The average Bonchev–Trinajstić information content (AvgIpc) is 2.81. The van der Waals surface area contributed by atoms with Crippen LogP contribution in [0.5, 0.6) is 0 Å². The Labute approximate surface area is 122 Å².